The normalized spacial score (nSPS) is 17.3. The molecule has 2 heterocycles. The van der Waals surface area contributed by atoms with Crippen LogP contribution in [0, 0.1) is 5.82 Å². The Morgan fingerprint density at radius 3 is 2.28 bits per heavy atom. The summed E-state index contributed by atoms with van der Waals surface area (Å²) in [5, 5.41) is 3.36. The van der Waals surface area contributed by atoms with Gasteiger partial charge in [0.1, 0.15) is 5.82 Å². The van der Waals surface area contributed by atoms with Crippen molar-refractivity contribution in [2.75, 3.05) is 70.9 Å². The number of hydrogen-bond donors (Lipinski definition) is 1. The van der Waals surface area contributed by atoms with Gasteiger partial charge in [-0.1, -0.05) is 6.07 Å². The molecule has 0 radical (unpaired) electrons. The van der Waals surface area contributed by atoms with Crippen molar-refractivity contribution < 1.29 is 9.18 Å². The van der Waals surface area contributed by atoms with Crippen molar-refractivity contribution in [3.63, 3.8) is 0 Å². The smallest absolute Gasteiger partial charge is 0.236 e. The summed E-state index contributed by atoms with van der Waals surface area (Å²) < 4.78 is 14.5. The zero-order valence-electron chi connectivity index (χ0n) is 19.6. The van der Waals surface area contributed by atoms with Gasteiger partial charge in [0.05, 0.1) is 12.2 Å². The molecule has 7 nitrogen and oxygen atoms in total. The van der Waals surface area contributed by atoms with Gasteiger partial charge in [0.2, 0.25) is 5.91 Å². The number of aliphatic imine (C=N–C) groups is 1. The van der Waals surface area contributed by atoms with E-state index in [2.05, 4.69) is 20.1 Å². The Labute approximate surface area is 209 Å². The Hall–Kier alpha value is -1.62. The van der Waals surface area contributed by atoms with Gasteiger partial charge in [-0.2, -0.15) is 0 Å². The summed E-state index contributed by atoms with van der Waals surface area (Å²) in [5.74, 6) is 0.886. The van der Waals surface area contributed by atoms with Crippen LogP contribution in [-0.4, -0.2) is 92.5 Å². The third kappa shape index (κ3) is 6.94. The number of benzene rings is 1. The number of amides is 1. The number of piperazine rings is 1. The van der Waals surface area contributed by atoms with Crippen molar-refractivity contribution in [3.05, 3.63) is 29.6 Å². The van der Waals surface area contributed by atoms with E-state index < -0.39 is 0 Å². The second-order valence-corrected chi connectivity index (χ2v) is 8.21. The molecule has 1 N–H and O–H groups in total. The molecule has 0 bridgehead atoms. The molecule has 1 aromatic carbocycles. The van der Waals surface area contributed by atoms with Crippen LogP contribution in [0.5, 0.6) is 0 Å². The predicted octanol–water partition coefficient (Wildman–Crippen LogP) is 2.61. The first-order valence-electron chi connectivity index (χ1n) is 11.5. The van der Waals surface area contributed by atoms with Crippen molar-refractivity contribution in [3.8, 4) is 0 Å². The molecule has 1 aromatic rings. The highest BCUT2D eigenvalue weighted by Gasteiger charge is 2.24. The molecule has 0 unspecified atom stereocenters. The number of nitrogens with one attached hydrogen (secondary N) is 1. The summed E-state index contributed by atoms with van der Waals surface area (Å²) in [6.07, 6.45) is 2.26. The Balaban J connectivity index is 0.00000363. The Kier molecular flexibility index (Phi) is 11.0. The maximum absolute atomic E-state index is 14.5. The molecule has 0 atom stereocenters. The lowest BCUT2D eigenvalue weighted by Crippen LogP contribution is -2.54. The van der Waals surface area contributed by atoms with Crippen LogP contribution in [-0.2, 0) is 11.3 Å². The summed E-state index contributed by atoms with van der Waals surface area (Å²) in [6, 6.07) is 5.44. The summed E-state index contributed by atoms with van der Waals surface area (Å²) in [5.41, 5.74) is 1.54. The maximum Gasteiger partial charge on any atom is 0.236 e. The Morgan fingerprint density at radius 1 is 1.06 bits per heavy atom. The van der Waals surface area contributed by atoms with Crippen LogP contribution in [0.2, 0.25) is 0 Å². The fourth-order valence-electron chi connectivity index (χ4n) is 4.37. The van der Waals surface area contributed by atoms with Crippen LogP contribution in [0.15, 0.2) is 23.2 Å². The third-order valence-electron chi connectivity index (χ3n) is 6.27. The zero-order valence-corrected chi connectivity index (χ0v) is 22.0. The SMILES string of the molecule is CCN(CC)c1ccc(CNC(=NC)N2CCN(CC(=O)N3CCCC3)CC2)cc1F.I. The highest BCUT2D eigenvalue weighted by atomic mass is 127. The van der Waals surface area contributed by atoms with Crippen molar-refractivity contribution in [2.24, 2.45) is 4.99 Å². The van der Waals surface area contributed by atoms with E-state index in [0.29, 0.717) is 18.8 Å². The van der Waals surface area contributed by atoms with Gasteiger partial charge in [0.15, 0.2) is 5.96 Å². The fraction of sp³-hybridized carbons (Fsp3) is 0.652. The number of likely N-dealkylation sites (tertiary alicyclic amines) is 1. The van der Waals surface area contributed by atoms with Gasteiger partial charge in [-0.3, -0.25) is 14.7 Å². The number of hydrogen-bond acceptors (Lipinski definition) is 4. The topological polar surface area (TPSA) is 54.4 Å². The van der Waals surface area contributed by atoms with Crippen LogP contribution in [0.4, 0.5) is 10.1 Å². The van der Waals surface area contributed by atoms with Crippen LogP contribution in [0.3, 0.4) is 0 Å². The summed E-state index contributed by atoms with van der Waals surface area (Å²) in [7, 11) is 1.77. The lowest BCUT2D eigenvalue weighted by atomic mass is 10.1. The number of guanidine groups is 1. The molecule has 0 spiro atoms. The van der Waals surface area contributed by atoms with Crippen LogP contribution < -0.4 is 10.2 Å². The van der Waals surface area contributed by atoms with E-state index in [0.717, 1.165) is 76.7 Å². The largest absolute Gasteiger partial charge is 0.370 e. The molecule has 180 valence electrons. The quantitative estimate of drug-likeness (QED) is 0.316. The van der Waals surface area contributed by atoms with E-state index in [4.69, 9.17) is 0 Å². The van der Waals surface area contributed by atoms with Gasteiger partial charge < -0.3 is 20.0 Å². The first kappa shape index (κ1) is 26.6. The van der Waals surface area contributed by atoms with Gasteiger partial charge in [0, 0.05) is 66.0 Å². The van der Waals surface area contributed by atoms with E-state index in [1.165, 1.54) is 0 Å². The van der Waals surface area contributed by atoms with Crippen LogP contribution >= 0.6 is 24.0 Å². The van der Waals surface area contributed by atoms with Crippen molar-refractivity contribution >= 4 is 41.5 Å². The van der Waals surface area contributed by atoms with Crippen molar-refractivity contribution in [2.45, 2.75) is 33.2 Å². The minimum absolute atomic E-state index is 0. The first-order valence-corrected chi connectivity index (χ1v) is 11.5. The molecular formula is C23H38FIN6O. The molecule has 2 saturated heterocycles. The molecule has 32 heavy (non-hydrogen) atoms. The van der Waals surface area contributed by atoms with E-state index in [1.54, 1.807) is 13.1 Å². The predicted molar refractivity (Wildman–Crippen MR) is 139 cm³/mol. The minimum Gasteiger partial charge on any atom is -0.370 e. The van der Waals surface area contributed by atoms with Crippen molar-refractivity contribution in [1.29, 1.82) is 0 Å². The molecule has 9 heteroatoms. The summed E-state index contributed by atoms with van der Waals surface area (Å²) in [6.45, 7) is 11.8. The van der Waals surface area contributed by atoms with Crippen LogP contribution in [0.1, 0.15) is 32.3 Å². The fourth-order valence-corrected chi connectivity index (χ4v) is 4.37. The number of carbonyl (C=O) groups is 1. The standard InChI is InChI=1S/C23H37FN6O.HI/c1-4-28(5-2)21-9-8-19(16-20(21)24)17-26-23(25-3)30-14-12-27(13-15-30)18-22(31)29-10-6-7-11-29;/h8-9,16H,4-7,10-15,17-18H2,1-3H3,(H,25,26);1H. The molecule has 3 rings (SSSR count). The molecule has 1 amide bonds. The molecule has 0 aliphatic carbocycles. The van der Waals surface area contributed by atoms with Gasteiger partial charge in [-0.15, -0.1) is 24.0 Å². The minimum atomic E-state index is -0.186. The Bertz CT molecular complexity index is 759. The zero-order chi connectivity index (χ0) is 22.2. The van der Waals surface area contributed by atoms with E-state index in [1.807, 2.05) is 35.8 Å². The number of rotatable bonds is 7. The highest BCUT2D eigenvalue weighted by Crippen LogP contribution is 2.20. The maximum atomic E-state index is 14.5. The second-order valence-electron chi connectivity index (χ2n) is 8.21. The monoisotopic (exact) mass is 560 g/mol. The number of halogens is 2. The van der Waals surface area contributed by atoms with E-state index in [9.17, 15) is 9.18 Å². The third-order valence-corrected chi connectivity index (χ3v) is 6.27. The average Bonchev–Trinajstić information content (AvgIpc) is 3.32. The van der Waals surface area contributed by atoms with Gasteiger partial charge in [-0.05, 0) is 44.4 Å². The van der Waals surface area contributed by atoms with Gasteiger partial charge in [-0.25, -0.2) is 4.39 Å². The number of anilines is 1. The van der Waals surface area contributed by atoms with E-state index >= 15 is 0 Å². The van der Waals surface area contributed by atoms with Gasteiger partial charge >= 0.3 is 0 Å². The van der Waals surface area contributed by atoms with Crippen molar-refractivity contribution in [1.82, 2.24) is 20.0 Å². The second kappa shape index (κ2) is 13.2. The van der Waals surface area contributed by atoms with Crippen LogP contribution in [0.25, 0.3) is 0 Å². The molecule has 2 fully saturated rings. The van der Waals surface area contributed by atoms with Gasteiger partial charge in [0.25, 0.3) is 0 Å². The highest BCUT2D eigenvalue weighted by molar-refractivity contribution is 14.0. The number of carbonyl (C=O) groups excluding carboxylic acids is 1. The lowest BCUT2D eigenvalue weighted by Gasteiger charge is -2.36. The first-order chi connectivity index (χ1) is 15.0. The summed E-state index contributed by atoms with van der Waals surface area (Å²) >= 11 is 0. The lowest BCUT2D eigenvalue weighted by molar-refractivity contribution is -0.131. The number of nitrogens with zero attached hydrogens (tertiary/aromatic N) is 5. The van der Waals surface area contributed by atoms with E-state index in [-0.39, 0.29) is 35.7 Å². The molecule has 2 aliphatic heterocycles. The Morgan fingerprint density at radius 2 is 1.72 bits per heavy atom. The molecular weight excluding hydrogens is 522 g/mol. The molecule has 2 aliphatic rings. The summed E-state index contributed by atoms with van der Waals surface area (Å²) in [4.78, 5) is 25.2. The molecule has 0 aromatic heterocycles. The average molecular weight is 561 g/mol. The molecule has 0 saturated carbocycles.